The SMILES string of the molecule is C[C@@H]1[C@H]2C=CC(O2)[C@@H]1CC(=O)O. The van der Waals surface area contributed by atoms with Crippen molar-refractivity contribution < 1.29 is 14.6 Å². The average molecular weight is 168 g/mol. The molecule has 1 saturated heterocycles. The lowest BCUT2D eigenvalue weighted by Crippen LogP contribution is -2.24. The molecule has 1 N–H and O–H groups in total. The van der Waals surface area contributed by atoms with E-state index in [1.807, 2.05) is 12.2 Å². The van der Waals surface area contributed by atoms with Gasteiger partial charge in [0.2, 0.25) is 0 Å². The minimum atomic E-state index is -0.726. The van der Waals surface area contributed by atoms with E-state index in [4.69, 9.17) is 9.84 Å². The van der Waals surface area contributed by atoms with Crippen LogP contribution in [0.3, 0.4) is 0 Å². The first-order chi connectivity index (χ1) is 5.68. The van der Waals surface area contributed by atoms with Gasteiger partial charge in [0, 0.05) is 5.92 Å². The van der Waals surface area contributed by atoms with Crippen LogP contribution in [-0.4, -0.2) is 23.3 Å². The van der Waals surface area contributed by atoms with E-state index in [-0.39, 0.29) is 24.5 Å². The van der Waals surface area contributed by atoms with Gasteiger partial charge in [-0.15, -0.1) is 0 Å². The van der Waals surface area contributed by atoms with Crippen molar-refractivity contribution in [1.82, 2.24) is 0 Å². The van der Waals surface area contributed by atoms with Gasteiger partial charge in [0.1, 0.15) is 0 Å². The van der Waals surface area contributed by atoms with Crippen LogP contribution in [0.2, 0.25) is 0 Å². The molecule has 2 bridgehead atoms. The fraction of sp³-hybridized carbons (Fsp3) is 0.667. The lowest BCUT2D eigenvalue weighted by atomic mass is 9.82. The number of hydrogen-bond acceptors (Lipinski definition) is 2. The highest BCUT2D eigenvalue weighted by molar-refractivity contribution is 5.67. The van der Waals surface area contributed by atoms with Crippen molar-refractivity contribution in [2.24, 2.45) is 11.8 Å². The second-order valence-electron chi connectivity index (χ2n) is 3.57. The number of hydrogen-bond donors (Lipinski definition) is 1. The zero-order valence-electron chi connectivity index (χ0n) is 6.93. The van der Waals surface area contributed by atoms with Gasteiger partial charge in [-0.2, -0.15) is 0 Å². The van der Waals surface area contributed by atoms with Crippen LogP contribution in [0.4, 0.5) is 0 Å². The normalized spacial score (nSPS) is 43.8. The fourth-order valence-corrected chi connectivity index (χ4v) is 2.08. The van der Waals surface area contributed by atoms with Crippen molar-refractivity contribution in [3.8, 4) is 0 Å². The Bertz CT molecular complexity index is 234. The van der Waals surface area contributed by atoms with Crippen LogP contribution >= 0.6 is 0 Å². The van der Waals surface area contributed by atoms with Gasteiger partial charge in [-0.3, -0.25) is 4.79 Å². The molecule has 0 aromatic carbocycles. The standard InChI is InChI=1S/C9H12O3/c1-5-6(4-9(10)11)8-3-2-7(5)12-8/h2-3,5-8H,4H2,1H3,(H,10,11)/t5-,6+,7+,8?/m0/s1. The summed E-state index contributed by atoms with van der Waals surface area (Å²) in [5, 5.41) is 8.64. The van der Waals surface area contributed by atoms with E-state index in [1.165, 1.54) is 0 Å². The Morgan fingerprint density at radius 2 is 2.17 bits per heavy atom. The molecule has 3 nitrogen and oxygen atoms in total. The van der Waals surface area contributed by atoms with Crippen molar-refractivity contribution in [3.05, 3.63) is 12.2 Å². The summed E-state index contributed by atoms with van der Waals surface area (Å²) in [6, 6.07) is 0. The maximum Gasteiger partial charge on any atom is 0.303 e. The fourth-order valence-electron chi connectivity index (χ4n) is 2.08. The molecule has 0 radical (unpaired) electrons. The van der Waals surface area contributed by atoms with Gasteiger partial charge in [-0.1, -0.05) is 19.1 Å². The van der Waals surface area contributed by atoms with E-state index in [0.29, 0.717) is 5.92 Å². The summed E-state index contributed by atoms with van der Waals surface area (Å²) in [7, 11) is 0. The maximum atomic E-state index is 10.5. The Labute approximate surface area is 71.0 Å². The molecule has 3 heteroatoms. The summed E-state index contributed by atoms with van der Waals surface area (Å²) < 4.78 is 5.52. The predicted octanol–water partition coefficient (Wildman–Crippen LogP) is 1.05. The van der Waals surface area contributed by atoms with Crippen molar-refractivity contribution >= 4 is 5.97 Å². The molecule has 0 aromatic heterocycles. The minimum Gasteiger partial charge on any atom is -0.481 e. The summed E-state index contributed by atoms with van der Waals surface area (Å²) in [6.45, 7) is 2.06. The van der Waals surface area contributed by atoms with Crippen molar-refractivity contribution in [1.29, 1.82) is 0 Å². The Hall–Kier alpha value is -0.830. The molecule has 0 saturated carbocycles. The van der Waals surface area contributed by atoms with Crippen molar-refractivity contribution in [2.75, 3.05) is 0 Å². The minimum absolute atomic E-state index is 0.0566. The third-order valence-electron chi connectivity index (χ3n) is 2.83. The molecule has 2 rings (SSSR count). The van der Waals surface area contributed by atoms with Gasteiger partial charge in [0.15, 0.2) is 0 Å². The van der Waals surface area contributed by atoms with Gasteiger partial charge in [0.25, 0.3) is 0 Å². The zero-order valence-corrected chi connectivity index (χ0v) is 6.93. The Balaban J connectivity index is 2.08. The molecule has 0 aromatic rings. The van der Waals surface area contributed by atoms with E-state index in [1.54, 1.807) is 0 Å². The highest BCUT2D eigenvalue weighted by Crippen LogP contribution is 2.40. The zero-order chi connectivity index (χ0) is 8.72. The summed E-state index contributed by atoms with van der Waals surface area (Å²) in [5.41, 5.74) is 0. The van der Waals surface area contributed by atoms with E-state index < -0.39 is 5.97 Å². The monoisotopic (exact) mass is 168 g/mol. The number of rotatable bonds is 2. The Kier molecular flexibility index (Phi) is 1.68. The molecule has 2 aliphatic rings. The van der Waals surface area contributed by atoms with Crippen LogP contribution in [0.5, 0.6) is 0 Å². The number of carboxylic acid groups (broad SMARTS) is 1. The van der Waals surface area contributed by atoms with Crippen LogP contribution in [-0.2, 0) is 9.53 Å². The van der Waals surface area contributed by atoms with E-state index in [2.05, 4.69) is 6.92 Å². The largest absolute Gasteiger partial charge is 0.481 e. The summed E-state index contributed by atoms with van der Waals surface area (Å²) in [6.07, 6.45) is 4.47. The molecule has 1 unspecified atom stereocenters. The Morgan fingerprint density at radius 1 is 1.50 bits per heavy atom. The molecule has 2 heterocycles. The quantitative estimate of drug-likeness (QED) is 0.627. The van der Waals surface area contributed by atoms with E-state index in [0.717, 1.165) is 0 Å². The molecule has 12 heavy (non-hydrogen) atoms. The molecule has 2 aliphatic heterocycles. The van der Waals surface area contributed by atoms with Crippen LogP contribution in [0.15, 0.2) is 12.2 Å². The molecule has 0 amide bonds. The number of carbonyl (C=O) groups is 1. The highest BCUT2D eigenvalue weighted by atomic mass is 16.5. The van der Waals surface area contributed by atoms with Crippen LogP contribution in [0, 0.1) is 11.8 Å². The van der Waals surface area contributed by atoms with Gasteiger partial charge in [0.05, 0.1) is 18.6 Å². The molecule has 1 fully saturated rings. The van der Waals surface area contributed by atoms with Crippen LogP contribution in [0.1, 0.15) is 13.3 Å². The highest BCUT2D eigenvalue weighted by Gasteiger charge is 2.43. The third kappa shape index (κ3) is 1.05. The number of aliphatic carboxylic acids is 1. The van der Waals surface area contributed by atoms with E-state index >= 15 is 0 Å². The molecular weight excluding hydrogens is 156 g/mol. The number of fused-ring (bicyclic) bond motifs is 2. The predicted molar refractivity (Wildman–Crippen MR) is 42.7 cm³/mol. The number of ether oxygens (including phenoxy) is 1. The van der Waals surface area contributed by atoms with Gasteiger partial charge >= 0.3 is 5.97 Å². The topological polar surface area (TPSA) is 46.5 Å². The summed E-state index contributed by atoms with van der Waals surface area (Å²) in [4.78, 5) is 10.5. The van der Waals surface area contributed by atoms with Crippen molar-refractivity contribution in [2.45, 2.75) is 25.6 Å². The van der Waals surface area contributed by atoms with Gasteiger partial charge in [-0.05, 0) is 5.92 Å². The average Bonchev–Trinajstić information content (AvgIpc) is 2.53. The van der Waals surface area contributed by atoms with Crippen molar-refractivity contribution in [3.63, 3.8) is 0 Å². The first-order valence-electron chi connectivity index (χ1n) is 4.24. The molecule has 4 atom stereocenters. The van der Waals surface area contributed by atoms with Crippen LogP contribution < -0.4 is 0 Å². The second-order valence-corrected chi connectivity index (χ2v) is 3.57. The first kappa shape index (κ1) is 7.80. The lowest BCUT2D eigenvalue weighted by Gasteiger charge is -2.19. The smallest absolute Gasteiger partial charge is 0.303 e. The molecule has 0 aliphatic carbocycles. The third-order valence-corrected chi connectivity index (χ3v) is 2.83. The lowest BCUT2D eigenvalue weighted by molar-refractivity contribution is -0.138. The summed E-state index contributed by atoms with van der Waals surface area (Å²) >= 11 is 0. The second kappa shape index (κ2) is 2.59. The van der Waals surface area contributed by atoms with E-state index in [9.17, 15) is 4.79 Å². The maximum absolute atomic E-state index is 10.5. The molecule has 66 valence electrons. The Morgan fingerprint density at radius 3 is 2.67 bits per heavy atom. The summed E-state index contributed by atoms with van der Waals surface area (Å²) in [5.74, 6) is -0.190. The van der Waals surface area contributed by atoms with Gasteiger partial charge < -0.3 is 9.84 Å². The molecular formula is C9H12O3. The number of carboxylic acids is 1. The molecule has 0 spiro atoms. The van der Waals surface area contributed by atoms with Crippen LogP contribution in [0.25, 0.3) is 0 Å². The first-order valence-corrected chi connectivity index (χ1v) is 4.24. The van der Waals surface area contributed by atoms with Gasteiger partial charge in [-0.25, -0.2) is 0 Å².